The van der Waals surface area contributed by atoms with Crippen molar-refractivity contribution in [3.63, 3.8) is 0 Å². The maximum absolute atomic E-state index is 13.3. The molecule has 0 radical (unpaired) electrons. The van der Waals surface area contributed by atoms with Gasteiger partial charge in [0.2, 0.25) is 11.8 Å². The number of carbonyl (C=O) groups is 3. The molecule has 2 aromatic carbocycles. The Morgan fingerprint density at radius 2 is 1.58 bits per heavy atom. The standard InChI is InChI=1S/C26H32N2O3/c1-18(2)17-23(29)27-24(20-7-5-4-6-8-20)26(31)28-15-13-22(14-16-28)25(30)21-11-9-19(3)10-12-21/h4-12,18,22,24H,13-17H2,1-3H3,(H,27,29). The first-order valence-electron chi connectivity index (χ1n) is 11.1. The normalized spacial score (nSPS) is 15.5. The van der Waals surface area contributed by atoms with Gasteiger partial charge < -0.3 is 10.2 Å². The van der Waals surface area contributed by atoms with Crippen molar-refractivity contribution in [3.8, 4) is 0 Å². The van der Waals surface area contributed by atoms with Gasteiger partial charge in [-0.3, -0.25) is 14.4 Å². The summed E-state index contributed by atoms with van der Waals surface area (Å²) in [7, 11) is 0. The molecule has 3 rings (SSSR count). The Morgan fingerprint density at radius 1 is 0.968 bits per heavy atom. The topological polar surface area (TPSA) is 66.5 Å². The van der Waals surface area contributed by atoms with Gasteiger partial charge in [0.25, 0.3) is 0 Å². The van der Waals surface area contributed by atoms with E-state index in [9.17, 15) is 14.4 Å². The van der Waals surface area contributed by atoms with Crippen LogP contribution in [-0.2, 0) is 9.59 Å². The number of aryl methyl sites for hydroxylation is 1. The van der Waals surface area contributed by atoms with Crippen molar-refractivity contribution >= 4 is 17.6 Å². The predicted molar refractivity (Wildman–Crippen MR) is 122 cm³/mol. The van der Waals surface area contributed by atoms with Gasteiger partial charge >= 0.3 is 0 Å². The third-order valence-electron chi connectivity index (χ3n) is 5.79. The van der Waals surface area contributed by atoms with E-state index in [1.165, 1.54) is 0 Å². The highest BCUT2D eigenvalue weighted by Crippen LogP contribution is 2.25. The average Bonchev–Trinajstić information content (AvgIpc) is 2.77. The molecule has 1 aliphatic heterocycles. The quantitative estimate of drug-likeness (QED) is 0.679. The fourth-order valence-electron chi connectivity index (χ4n) is 4.02. The zero-order chi connectivity index (χ0) is 22.4. The van der Waals surface area contributed by atoms with Crippen molar-refractivity contribution in [3.05, 3.63) is 71.3 Å². The van der Waals surface area contributed by atoms with Crippen LogP contribution in [0.15, 0.2) is 54.6 Å². The fourth-order valence-corrected chi connectivity index (χ4v) is 4.02. The lowest BCUT2D eigenvalue weighted by Crippen LogP contribution is -2.47. The number of nitrogens with zero attached hydrogens (tertiary/aromatic N) is 1. The molecule has 2 amide bonds. The first kappa shape index (κ1) is 22.7. The summed E-state index contributed by atoms with van der Waals surface area (Å²) in [5.41, 5.74) is 2.64. The van der Waals surface area contributed by atoms with E-state index in [0.29, 0.717) is 32.4 Å². The van der Waals surface area contributed by atoms with Crippen LogP contribution >= 0.6 is 0 Å². The number of hydrogen-bond acceptors (Lipinski definition) is 3. The SMILES string of the molecule is Cc1ccc(C(=O)C2CCN(C(=O)C(NC(=O)CC(C)C)c3ccccc3)CC2)cc1. The number of piperidine rings is 1. The molecule has 0 aromatic heterocycles. The molecule has 5 heteroatoms. The van der Waals surface area contributed by atoms with Crippen LogP contribution in [-0.4, -0.2) is 35.6 Å². The number of benzene rings is 2. The number of carbonyl (C=O) groups excluding carboxylic acids is 3. The number of Topliss-reactive ketones (excluding diaryl/α,β-unsaturated/α-hetero) is 1. The highest BCUT2D eigenvalue weighted by Gasteiger charge is 2.32. The van der Waals surface area contributed by atoms with Crippen LogP contribution < -0.4 is 5.32 Å². The first-order valence-corrected chi connectivity index (χ1v) is 11.1. The third kappa shape index (κ3) is 6.03. The molecule has 0 saturated carbocycles. The summed E-state index contributed by atoms with van der Waals surface area (Å²) in [5, 5.41) is 2.93. The van der Waals surface area contributed by atoms with Crippen LogP contribution in [0.5, 0.6) is 0 Å². The molecule has 31 heavy (non-hydrogen) atoms. The lowest BCUT2D eigenvalue weighted by atomic mass is 9.88. The summed E-state index contributed by atoms with van der Waals surface area (Å²) in [6, 6.07) is 16.3. The Morgan fingerprint density at radius 3 is 2.16 bits per heavy atom. The molecule has 1 unspecified atom stereocenters. The zero-order valence-electron chi connectivity index (χ0n) is 18.6. The summed E-state index contributed by atoms with van der Waals surface area (Å²) < 4.78 is 0. The van der Waals surface area contributed by atoms with Crippen LogP contribution in [0.1, 0.15) is 60.6 Å². The van der Waals surface area contributed by atoms with E-state index >= 15 is 0 Å². The third-order valence-corrected chi connectivity index (χ3v) is 5.79. The Kier molecular flexibility index (Phi) is 7.61. The molecule has 1 N–H and O–H groups in total. The Labute approximate surface area is 184 Å². The number of nitrogens with one attached hydrogen (secondary N) is 1. The van der Waals surface area contributed by atoms with Crippen molar-refractivity contribution in [1.82, 2.24) is 10.2 Å². The molecule has 1 aliphatic rings. The van der Waals surface area contributed by atoms with Gasteiger partial charge in [-0.1, -0.05) is 74.0 Å². The first-order chi connectivity index (χ1) is 14.8. The van der Waals surface area contributed by atoms with Gasteiger partial charge in [0, 0.05) is 31.0 Å². The summed E-state index contributed by atoms with van der Waals surface area (Å²) >= 11 is 0. The lowest BCUT2D eigenvalue weighted by Gasteiger charge is -2.34. The molecular formula is C26H32N2O3. The maximum atomic E-state index is 13.3. The number of ketones is 1. The van der Waals surface area contributed by atoms with Gasteiger partial charge in [0.15, 0.2) is 5.78 Å². The van der Waals surface area contributed by atoms with Crippen LogP contribution in [0.25, 0.3) is 0 Å². The number of rotatable bonds is 7. The summed E-state index contributed by atoms with van der Waals surface area (Å²) in [6.07, 6.45) is 1.66. The summed E-state index contributed by atoms with van der Waals surface area (Å²) in [5.74, 6) is 0.0654. The number of amides is 2. The van der Waals surface area contributed by atoms with Gasteiger partial charge in [-0.25, -0.2) is 0 Å². The predicted octanol–water partition coefficient (Wildman–Crippen LogP) is 4.32. The molecule has 5 nitrogen and oxygen atoms in total. The van der Waals surface area contributed by atoms with Gasteiger partial charge in [-0.2, -0.15) is 0 Å². The second-order valence-electron chi connectivity index (χ2n) is 8.84. The number of likely N-dealkylation sites (tertiary alicyclic amines) is 1. The molecular weight excluding hydrogens is 388 g/mol. The average molecular weight is 421 g/mol. The molecule has 0 bridgehead atoms. The van der Waals surface area contributed by atoms with Crippen LogP contribution in [0.4, 0.5) is 0 Å². The van der Waals surface area contributed by atoms with Crippen LogP contribution in [0, 0.1) is 18.8 Å². The van der Waals surface area contributed by atoms with E-state index in [1.807, 2.05) is 75.4 Å². The molecule has 1 fully saturated rings. The number of hydrogen-bond donors (Lipinski definition) is 1. The Hall–Kier alpha value is -2.95. The van der Waals surface area contributed by atoms with Crippen molar-refractivity contribution in [2.24, 2.45) is 11.8 Å². The van der Waals surface area contributed by atoms with Crippen molar-refractivity contribution in [1.29, 1.82) is 0 Å². The fraction of sp³-hybridized carbons (Fsp3) is 0.423. The molecule has 1 heterocycles. The molecule has 0 aliphatic carbocycles. The Bertz CT molecular complexity index is 898. The smallest absolute Gasteiger partial charge is 0.249 e. The largest absolute Gasteiger partial charge is 0.341 e. The van der Waals surface area contributed by atoms with E-state index < -0.39 is 6.04 Å². The molecule has 1 saturated heterocycles. The minimum absolute atomic E-state index is 0.0718. The van der Waals surface area contributed by atoms with Gasteiger partial charge in [0.1, 0.15) is 6.04 Å². The molecule has 1 atom stereocenters. The second-order valence-corrected chi connectivity index (χ2v) is 8.84. The van der Waals surface area contributed by atoms with Gasteiger partial charge in [-0.05, 0) is 31.2 Å². The van der Waals surface area contributed by atoms with E-state index in [1.54, 1.807) is 4.90 Å². The molecule has 2 aromatic rings. The highest BCUT2D eigenvalue weighted by molar-refractivity contribution is 5.98. The monoisotopic (exact) mass is 420 g/mol. The second kappa shape index (κ2) is 10.4. The highest BCUT2D eigenvalue weighted by atomic mass is 16.2. The zero-order valence-corrected chi connectivity index (χ0v) is 18.6. The minimum Gasteiger partial charge on any atom is -0.341 e. The van der Waals surface area contributed by atoms with Gasteiger partial charge in [-0.15, -0.1) is 0 Å². The van der Waals surface area contributed by atoms with E-state index in [2.05, 4.69) is 5.32 Å². The van der Waals surface area contributed by atoms with Crippen LogP contribution in [0.2, 0.25) is 0 Å². The maximum Gasteiger partial charge on any atom is 0.249 e. The van der Waals surface area contributed by atoms with Crippen molar-refractivity contribution in [2.45, 2.75) is 46.1 Å². The Balaban J connectivity index is 1.66. The van der Waals surface area contributed by atoms with E-state index in [-0.39, 0.29) is 29.4 Å². The minimum atomic E-state index is -0.697. The molecule has 0 spiro atoms. The van der Waals surface area contributed by atoms with E-state index in [4.69, 9.17) is 0 Å². The van der Waals surface area contributed by atoms with Crippen molar-refractivity contribution in [2.75, 3.05) is 13.1 Å². The van der Waals surface area contributed by atoms with E-state index in [0.717, 1.165) is 16.7 Å². The molecule has 164 valence electrons. The summed E-state index contributed by atoms with van der Waals surface area (Å²) in [4.78, 5) is 40.4. The van der Waals surface area contributed by atoms with Crippen molar-refractivity contribution < 1.29 is 14.4 Å². The van der Waals surface area contributed by atoms with Gasteiger partial charge in [0.05, 0.1) is 0 Å². The summed E-state index contributed by atoms with van der Waals surface area (Å²) in [6.45, 7) is 7.00. The van der Waals surface area contributed by atoms with Crippen LogP contribution in [0.3, 0.4) is 0 Å². The lowest BCUT2D eigenvalue weighted by molar-refractivity contribution is -0.137.